The van der Waals surface area contributed by atoms with Crippen LogP contribution in [-0.2, 0) is 11.3 Å². The van der Waals surface area contributed by atoms with Crippen LogP contribution in [0.15, 0.2) is 48.5 Å². The van der Waals surface area contributed by atoms with E-state index < -0.39 is 0 Å². The molecule has 0 radical (unpaired) electrons. The highest BCUT2D eigenvalue weighted by Crippen LogP contribution is 2.38. The number of carbonyl (C=O) groups excluding carboxylic acids is 1. The Morgan fingerprint density at radius 2 is 1.81 bits per heavy atom. The van der Waals surface area contributed by atoms with Crippen molar-refractivity contribution in [1.29, 1.82) is 0 Å². The molecule has 1 aliphatic carbocycles. The van der Waals surface area contributed by atoms with Gasteiger partial charge in [0.25, 0.3) is 5.91 Å². The lowest BCUT2D eigenvalue weighted by atomic mass is 9.81. The number of fused-ring (bicyclic) bond motifs is 1. The number of ether oxygens (including phenoxy) is 3. The molecule has 6 heteroatoms. The Morgan fingerprint density at radius 1 is 1.13 bits per heavy atom. The van der Waals surface area contributed by atoms with E-state index in [4.69, 9.17) is 14.2 Å². The zero-order valence-corrected chi connectivity index (χ0v) is 18.7. The quantitative estimate of drug-likeness (QED) is 0.732. The predicted molar refractivity (Wildman–Crippen MR) is 120 cm³/mol. The van der Waals surface area contributed by atoms with Gasteiger partial charge in [-0.1, -0.05) is 18.2 Å². The van der Waals surface area contributed by atoms with Crippen molar-refractivity contribution in [3.8, 4) is 17.2 Å². The Morgan fingerprint density at radius 3 is 2.52 bits per heavy atom. The molecule has 0 aromatic heterocycles. The molecule has 31 heavy (non-hydrogen) atoms. The van der Waals surface area contributed by atoms with Gasteiger partial charge in [-0.05, 0) is 63.1 Å². The van der Waals surface area contributed by atoms with E-state index in [9.17, 15) is 4.79 Å². The summed E-state index contributed by atoms with van der Waals surface area (Å²) in [7, 11) is 5.67. The number of rotatable bonds is 5. The predicted octanol–water partition coefficient (Wildman–Crippen LogP) is 3.74. The van der Waals surface area contributed by atoms with Gasteiger partial charge >= 0.3 is 0 Å². The topological polar surface area (TPSA) is 51.2 Å². The highest BCUT2D eigenvalue weighted by Gasteiger charge is 2.41. The summed E-state index contributed by atoms with van der Waals surface area (Å²) in [6, 6.07) is 15.8. The fraction of sp³-hybridized carbons (Fsp3) is 0.480. The van der Waals surface area contributed by atoms with E-state index in [-0.39, 0.29) is 24.2 Å². The first-order valence-electron chi connectivity index (χ1n) is 11.0. The van der Waals surface area contributed by atoms with E-state index in [1.54, 1.807) is 7.11 Å². The van der Waals surface area contributed by atoms with Crippen molar-refractivity contribution in [3.05, 3.63) is 54.1 Å². The van der Waals surface area contributed by atoms with Gasteiger partial charge in [-0.3, -0.25) is 9.69 Å². The Bertz CT molecular complexity index is 891. The third-order valence-corrected chi connectivity index (χ3v) is 6.53. The summed E-state index contributed by atoms with van der Waals surface area (Å²) >= 11 is 0. The first-order valence-corrected chi connectivity index (χ1v) is 11.0. The summed E-state index contributed by atoms with van der Waals surface area (Å²) in [5.74, 6) is 2.43. The normalized spacial score (nSPS) is 23.4. The van der Waals surface area contributed by atoms with Gasteiger partial charge in [-0.2, -0.15) is 0 Å². The molecule has 2 aromatic rings. The van der Waals surface area contributed by atoms with Crippen molar-refractivity contribution >= 4 is 5.91 Å². The van der Waals surface area contributed by atoms with Gasteiger partial charge in [0, 0.05) is 31.7 Å². The highest BCUT2D eigenvalue weighted by atomic mass is 16.5. The van der Waals surface area contributed by atoms with Gasteiger partial charge in [0.2, 0.25) is 0 Å². The number of para-hydroxylation sites is 1. The van der Waals surface area contributed by atoms with Crippen LogP contribution in [0.2, 0.25) is 0 Å². The molecule has 0 atom stereocenters. The maximum atomic E-state index is 12.7. The summed E-state index contributed by atoms with van der Waals surface area (Å²) in [6.45, 7) is 1.85. The van der Waals surface area contributed by atoms with Crippen LogP contribution in [0.3, 0.4) is 0 Å². The average Bonchev–Trinajstić information content (AvgIpc) is 2.92. The van der Waals surface area contributed by atoms with Crippen LogP contribution in [0.1, 0.15) is 31.2 Å². The van der Waals surface area contributed by atoms with Crippen LogP contribution in [0.25, 0.3) is 0 Å². The molecule has 1 aliphatic heterocycles. The summed E-state index contributed by atoms with van der Waals surface area (Å²) in [4.78, 5) is 16.9. The van der Waals surface area contributed by atoms with Gasteiger partial charge in [-0.15, -0.1) is 0 Å². The van der Waals surface area contributed by atoms with E-state index in [1.807, 2.05) is 42.3 Å². The number of methoxy groups -OCH3 is 1. The van der Waals surface area contributed by atoms with Gasteiger partial charge in [0.1, 0.15) is 22.8 Å². The van der Waals surface area contributed by atoms with Crippen molar-refractivity contribution in [2.45, 2.75) is 43.9 Å². The fourth-order valence-electron chi connectivity index (χ4n) is 4.74. The second-order valence-electron chi connectivity index (χ2n) is 8.77. The molecule has 2 aromatic carbocycles. The lowest BCUT2D eigenvalue weighted by molar-refractivity contribution is -0.135. The van der Waals surface area contributed by atoms with Crippen molar-refractivity contribution in [2.24, 2.45) is 0 Å². The van der Waals surface area contributed by atoms with Crippen LogP contribution in [0.4, 0.5) is 0 Å². The molecule has 0 unspecified atom stereocenters. The monoisotopic (exact) mass is 424 g/mol. The molecule has 1 fully saturated rings. The molecule has 4 rings (SSSR count). The minimum atomic E-state index is -0.179. The number of amides is 1. The zero-order valence-electron chi connectivity index (χ0n) is 18.7. The summed E-state index contributed by atoms with van der Waals surface area (Å²) in [5, 5.41) is 0. The molecule has 166 valence electrons. The number of benzene rings is 2. The average molecular weight is 425 g/mol. The highest BCUT2D eigenvalue weighted by molar-refractivity contribution is 5.77. The second kappa shape index (κ2) is 9.18. The van der Waals surface area contributed by atoms with Crippen molar-refractivity contribution in [3.63, 3.8) is 0 Å². The van der Waals surface area contributed by atoms with Gasteiger partial charge in [-0.25, -0.2) is 0 Å². The van der Waals surface area contributed by atoms with E-state index in [2.05, 4.69) is 30.1 Å². The van der Waals surface area contributed by atoms with E-state index in [0.717, 1.165) is 50.3 Å². The first kappa shape index (κ1) is 21.5. The third kappa shape index (κ3) is 4.96. The van der Waals surface area contributed by atoms with Gasteiger partial charge < -0.3 is 19.1 Å². The maximum absolute atomic E-state index is 12.7. The van der Waals surface area contributed by atoms with Gasteiger partial charge in [0.05, 0.1) is 7.11 Å². The standard InChI is InChI=1S/C25H32N2O4/c1-26-16-19-6-4-5-7-23(19)31-25(18-26)14-12-20(13-15-25)27(2)24(28)17-30-22-10-8-21(29-3)9-11-22/h4-11,20H,12-18H2,1-3H3. The largest absolute Gasteiger partial charge is 0.497 e. The second-order valence-corrected chi connectivity index (χ2v) is 8.77. The lowest BCUT2D eigenvalue weighted by Gasteiger charge is -2.43. The molecule has 1 spiro atoms. The van der Waals surface area contributed by atoms with E-state index in [1.165, 1.54) is 5.56 Å². The minimum absolute atomic E-state index is 0.000941. The van der Waals surface area contributed by atoms with Crippen molar-refractivity contribution in [1.82, 2.24) is 9.80 Å². The lowest BCUT2D eigenvalue weighted by Crippen LogP contribution is -2.51. The Kier molecular flexibility index (Phi) is 6.37. The number of hydrogen-bond acceptors (Lipinski definition) is 5. The first-order chi connectivity index (χ1) is 15.0. The molecule has 0 saturated heterocycles. The van der Waals surface area contributed by atoms with E-state index >= 15 is 0 Å². The number of likely N-dealkylation sites (N-methyl/N-ethyl adjacent to an activating group) is 2. The number of nitrogens with zero attached hydrogens (tertiary/aromatic N) is 2. The summed E-state index contributed by atoms with van der Waals surface area (Å²) < 4.78 is 17.4. The molecule has 0 bridgehead atoms. The maximum Gasteiger partial charge on any atom is 0.260 e. The summed E-state index contributed by atoms with van der Waals surface area (Å²) in [5.41, 5.74) is 1.06. The molecular formula is C25H32N2O4. The molecular weight excluding hydrogens is 392 g/mol. The minimum Gasteiger partial charge on any atom is -0.497 e. The Labute approximate surface area is 184 Å². The van der Waals surface area contributed by atoms with Crippen LogP contribution >= 0.6 is 0 Å². The van der Waals surface area contributed by atoms with Crippen LogP contribution in [0.5, 0.6) is 17.2 Å². The smallest absolute Gasteiger partial charge is 0.260 e. The van der Waals surface area contributed by atoms with Crippen molar-refractivity contribution in [2.75, 3.05) is 34.4 Å². The third-order valence-electron chi connectivity index (χ3n) is 6.53. The molecule has 0 N–H and O–H groups in total. The number of carbonyl (C=O) groups is 1. The molecule has 2 aliphatic rings. The van der Waals surface area contributed by atoms with Gasteiger partial charge in [0.15, 0.2) is 6.61 Å². The Balaban J connectivity index is 1.32. The fourth-order valence-corrected chi connectivity index (χ4v) is 4.74. The van der Waals surface area contributed by atoms with Crippen molar-refractivity contribution < 1.29 is 19.0 Å². The van der Waals surface area contributed by atoms with Crippen LogP contribution < -0.4 is 14.2 Å². The molecule has 1 heterocycles. The van der Waals surface area contributed by atoms with Crippen LogP contribution in [-0.4, -0.2) is 61.7 Å². The Hall–Kier alpha value is -2.73. The summed E-state index contributed by atoms with van der Waals surface area (Å²) in [6.07, 6.45) is 3.74. The SMILES string of the molecule is COc1ccc(OCC(=O)N(C)C2CCC3(CC2)CN(C)Cc2ccccc2O3)cc1. The zero-order chi connectivity index (χ0) is 21.8. The molecule has 6 nitrogen and oxygen atoms in total. The molecule has 1 amide bonds. The molecule has 1 saturated carbocycles. The van der Waals surface area contributed by atoms with Crippen LogP contribution in [0, 0.1) is 0 Å². The van der Waals surface area contributed by atoms with E-state index in [0.29, 0.717) is 5.75 Å². The number of hydrogen-bond donors (Lipinski definition) is 0.